The second-order valence-electron chi connectivity index (χ2n) is 7.94. The minimum atomic E-state index is -1.21. The van der Waals surface area contributed by atoms with Gasteiger partial charge in [-0.05, 0) is 30.2 Å². The van der Waals surface area contributed by atoms with Crippen LogP contribution in [0.15, 0.2) is 54.1 Å². The van der Waals surface area contributed by atoms with Crippen LogP contribution in [0.3, 0.4) is 0 Å². The number of carbonyl (C=O) groups is 1. The third-order valence-electron chi connectivity index (χ3n) is 5.31. The van der Waals surface area contributed by atoms with Crippen molar-refractivity contribution >= 4 is 17.7 Å². The van der Waals surface area contributed by atoms with Crippen LogP contribution in [0.5, 0.6) is 0 Å². The maximum atomic E-state index is 10.7. The molecule has 4 heteroatoms. The van der Waals surface area contributed by atoms with Crippen molar-refractivity contribution in [1.82, 2.24) is 0 Å². The summed E-state index contributed by atoms with van der Waals surface area (Å²) in [6, 6.07) is 10.0. The van der Waals surface area contributed by atoms with E-state index >= 15 is 0 Å². The minimum Gasteiger partial charge on any atom is -0.477 e. The lowest BCUT2D eigenvalue weighted by molar-refractivity contribution is -0.132. The average molecular weight is 423 g/mol. The Kier molecular flexibility index (Phi) is 14.3. The summed E-state index contributed by atoms with van der Waals surface area (Å²) in [7, 11) is 2.14. The average Bonchev–Trinajstić information content (AvgIpc) is 2.77. The third kappa shape index (κ3) is 12.5. The van der Waals surface area contributed by atoms with Crippen LogP contribution in [-0.4, -0.2) is 24.7 Å². The summed E-state index contributed by atoms with van der Waals surface area (Å²) in [6.45, 7) is 3.34. The van der Waals surface area contributed by atoms with Gasteiger partial charge in [0.15, 0.2) is 0 Å². The Morgan fingerprint density at radius 3 is 2.06 bits per heavy atom. The number of unbranched alkanes of at least 4 members (excludes halogenated alkanes) is 9. The monoisotopic (exact) mass is 422 g/mol. The number of nitrogens with zero attached hydrogens (tertiary/aromatic N) is 2. The predicted octanol–water partition coefficient (Wildman–Crippen LogP) is 7.15. The number of hydrogen-bond donors (Lipinski definition) is 1. The molecule has 0 aliphatic carbocycles. The second kappa shape index (κ2) is 16.9. The minimum absolute atomic E-state index is 0.278. The number of rotatable bonds is 16. The molecule has 1 rings (SSSR count). The van der Waals surface area contributed by atoms with Gasteiger partial charge in [-0.3, -0.25) is 0 Å². The van der Waals surface area contributed by atoms with Crippen molar-refractivity contribution in [3.63, 3.8) is 0 Å². The van der Waals surface area contributed by atoms with E-state index in [9.17, 15) is 4.79 Å². The molecule has 1 aromatic carbocycles. The Hall–Kier alpha value is -2.80. The first-order valence-corrected chi connectivity index (χ1v) is 11.6. The summed E-state index contributed by atoms with van der Waals surface area (Å²) < 4.78 is 0. The molecule has 31 heavy (non-hydrogen) atoms. The van der Waals surface area contributed by atoms with Gasteiger partial charge in [-0.15, -0.1) is 0 Å². The molecule has 0 spiro atoms. The Labute approximate surface area is 188 Å². The lowest BCUT2D eigenvalue weighted by Gasteiger charge is -2.19. The van der Waals surface area contributed by atoms with Crippen LogP contribution in [0.25, 0.3) is 6.08 Å². The SMILES string of the molecule is CCCCCCCCCCCCN(C)c1ccc(/C=C/C=C/C=C(\C#N)C(=O)O)cc1. The standard InChI is InChI=1S/C27H38N2O2/c1-3-4-5-6-7-8-9-10-11-15-22-29(2)26-20-18-24(19-21-26)16-13-12-14-17-25(23-28)27(30)31/h12-14,16-21H,3-11,15,22H2,1-2H3,(H,30,31)/b14-12+,16-13+,25-17+. The molecule has 0 heterocycles. The lowest BCUT2D eigenvalue weighted by Crippen LogP contribution is -2.18. The summed E-state index contributed by atoms with van der Waals surface area (Å²) in [5, 5.41) is 17.4. The van der Waals surface area contributed by atoms with Gasteiger partial charge in [0, 0.05) is 19.3 Å². The van der Waals surface area contributed by atoms with E-state index in [-0.39, 0.29) is 5.57 Å². The molecule has 0 bridgehead atoms. The van der Waals surface area contributed by atoms with Gasteiger partial charge in [-0.2, -0.15) is 5.26 Å². The molecular weight excluding hydrogens is 384 g/mol. The van der Waals surface area contributed by atoms with E-state index in [1.165, 1.54) is 76.0 Å². The number of nitriles is 1. The van der Waals surface area contributed by atoms with Crippen LogP contribution >= 0.6 is 0 Å². The summed E-state index contributed by atoms with van der Waals surface area (Å²) in [4.78, 5) is 13.0. The molecule has 0 aliphatic rings. The Bertz CT molecular complexity index is 754. The van der Waals surface area contributed by atoms with Gasteiger partial charge in [-0.1, -0.05) is 101 Å². The van der Waals surface area contributed by atoms with Gasteiger partial charge in [0.25, 0.3) is 0 Å². The highest BCUT2D eigenvalue weighted by molar-refractivity contribution is 5.91. The molecule has 0 radical (unpaired) electrons. The van der Waals surface area contributed by atoms with E-state index in [0.717, 1.165) is 12.1 Å². The highest BCUT2D eigenvalue weighted by Crippen LogP contribution is 2.16. The van der Waals surface area contributed by atoms with Crippen molar-refractivity contribution in [3.05, 3.63) is 59.7 Å². The molecule has 0 amide bonds. The van der Waals surface area contributed by atoms with E-state index in [1.807, 2.05) is 12.2 Å². The van der Waals surface area contributed by atoms with Crippen LogP contribution in [0.1, 0.15) is 76.7 Å². The smallest absolute Gasteiger partial charge is 0.346 e. The summed E-state index contributed by atoms with van der Waals surface area (Å²) in [5.41, 5.74) is 2.01. The molecule has 1 aromatic rings. The van der Waals surface area contributed by atoms with E-state index in [1.54, 1.807) is 18.2 Å². The van der Waals surface area contributed by atoms with Crippen LogP contribution in [0.2, 0.25) is 0 Å². The first-order valence-electron chi connectivity index (χ1n) is 11.6. The number of carboxylic acid groups (broad SMARTS) is 1. The molecule has 0 aliphatic heterocycles. The molecule has 0 saturated carbocycles. The quantitative estimate of drug-likeness (QED) is 0.133. The Morgan fingerprint density at radius 2 is 1.52 bits per heavy atom. The summed E-state index contributed by atoms with van der Waals surface area (Å²) >= 11 is 0. The van der Waals surface area contributed by atoms with Gasteiger partial charge in [0.05, 0.1) is 0 Å². The topological polar surface area (TPSA) is 64.3 Å². The summed E-state index contributed by atoms with van der Waals surface area (Å²) in [5.74, 6) is -1.21. The van der Waals surface area contributed by atoms with Gasteiger partial charge >= 0.3 is 5.97 Å². The first-order chi connectivity index (χ1) is 15.1. The van der Waals surface area contributed by atoms with Crippen molar-refractivity contribution in [1.29, 1.82) is 5.26 Å². The van der Waals surface area contributed by atoms with Crippen LogP contribution in [0, 0.1) is 11.3 Å². The molecule has 168 valence electrons. The number of aliphatic carboxylic acids is 1. The number of benzene rings is 1. The van der Waals surface area contributed by atoms with Crippen LogP contribution < -0.4 is 4.90 Å². The predicted molar refractivity (Wildman–Crippen MR) is 131 cm³/mol. The number of carboxylic acids is 1. The highest BCUT2D eigenvalue weighted by atomic mass is 16.4. The number of allylic oxidation sites excluding steroid dienone is 4. The molecule has 0 fully saturated rings. The zero-order chi connectivity index (χ0) is 22.7. The Morgan fingerprint density at radius 1 is 0.935 bits per heavy atom. The fourth-order valence-corrected chi connectivity index (χ4v) is 3.34. The van der Waals surface area contributed by atoms with Crippen molar-refractivity contribution < 1.29 is 9.90 Å². The van der Waals surface area contributed by atoms with Gasteiger partial charge in [-0.25, -0.2) is 4.79 Å². The number of hydrogen-bond acceptors (Lipinski definition) is 3. The van der Waals surface area contributed by atoms with Crippen LogP contribution in [-0.2, 0) is 4.79 Å². The van der Waals surface area contributed by atoms with Crippen molar-refractivity contribution in [2.75, 3.05) is 18.5 Å². The fourth-order valence-electron chi connectivity index (χ4n) is 3.34. The zero-order valence-electron chi connectivity index (χ0n) is 19.2. The van der Waals surface area contributed by atoms with Crippen molar-refractivity contribution in [2.24, 2.45) is 0 Å². The largest absolute Gasteiger partial charge is 0.477 e. The molecule has 1 N–H and O–H groups in total. The molecule has 4 nitrogen and oxygen atoms in total. The fraction of sp³-hybridized carbons (Fsp3) is 0.481. The van der Waals surface area contributed by atoms with Crippen molar-refractivity contribution in [3.8, 4) is 6.07 Å². The van der Waals surface area contributed by atoms with Crippen LogP contribution in [0.4, 0.5) is 5.69 Å². The van der Waals surface area contributed by atoms with E-state index < -0.39 is 5.97 Å². The lowest BCUT2D eigenvalue weighted by atomic mass is 10.1. The normalized spacial score (nSPS) is 11.8. The highest BCUT2D eigenvalue weighted by Gasteiger charge is 2.02. The molecular formula is C27H38N2O2. The van der Waals surface area contributed by atoms with Gasteiger partial charge in [0.2, 0.25) is 0 Å². The molecule has 0 aromatic heterocycles. The summed E-state index contributed by atoms with van der Waals surface area (Å²) in [6.07, 6.45) is 21.9. The molecule has 0 saturated heterocycles. The van der Waals surface area contributed by atoms with E-state index in [2.05, 4.69) is 43.1 Å². The number of anilines is 1. The second-order valence-corrected chi connectivity index (χ2v) is 7.94. The maximum absolute atomic E-state index is 10.7. The van der Waals surface area contributed by atoms with Crippen molar-refractivity contribution in [2.45, 2.75) is 71.1 Å². The van der Waals surface area contributed by atoms with Gasteiger partial charge in [0.1, 0.15) is 11.6 Å². The molecule has 0 atom stereocenters. The third-order valence-corrected chi connectivity index (χ3v) is 5.31. The van der Waals surface area contributed by atoms with Gasteiger partial charge < -0.3 is 10.0 Å². The zero-order valence-corrected chi connectivity index (χ0v) is 19.2. The molecule has 0 unspecified atom stereocenters. The van der Waals surface area contributed by atoms with E-state index in [0.29, 0.717) is 0 Å². The Balaban J connectivity index is 2.27. The maximum Gasteiger partial charge on any atom is 0.346 e. The first kappa shape index (κ1) is 26.2. The van der Waals surface area contributed by atoms with E-state index in [4.69, 9.17) is 10.4 Å².